The van der Waals surface area contributed by atoms with E-state index in [2.05, 4.69) is 25.8 Å². The number of hydrogen-bond acceptors (Lipinski definition) is 8. The number of benzene rings is 1. The predicted molar refractivity (Wildman–Crippen MR) is 86.8 cm³/mol. The molecule has 2 N–H and O–H groups in total. The van der Waals surface area contributed by atoms with Crippen LogP contribution in [0.3, 0.4) is 0 Å². The summed E-state index contributed by atoms with van der Waals surface area (Å²) in [4.78, 5) is 4.31. The van der Waals surface area contributed by atoms with Gasteiger partial charge < -0.3 is 15.4 Å². The number of nitrogens with zero attached hydrogens (tertiary/aromatic N) is 3. The molecule has 2 heterocycles. The fourth-order valence-electron chi connectivity index (χ4n) is 2.40. The maximum atomic E-state index is 11.5. The van der Waals surface area contributed by atoms with Gasteiger partial charge in [0.2, 0.25) is 5.95 Å². The Morgan fingerprint density at radius 1 is 1.30 bits per heavy atom. The molecule has 1 unspecified atom stereocenters. The number of ether oxygens (including phenoxy) is 1. The van der Waals surface area contributed by atoms with E-state index >= 15 is 0 Å². The van der Waals surface area contributed by atoms with E-state index in [1.807, 2.05) is 24.3 Å². The van der Waals surface area contributed by atoms with Gasteiger partial charge in [-0.25, -0.2) is 8.42 Å². The number of aromatic nitrogens is 3. The van der Waals surface area contributed by atoms with Gasteiger partial charge >= 0.3 is 0 Å². The van der Waals surface area contributed by atoms with Crippen LogP contribution in [0.15, 0.2) is 30.5 Å². The van der Waals surface area contributed by atoms with E-state index in [1.54, 1.807) is 7.11 Å². The number of methoxy groups -OCH3 is 1. The number of anilines is 3. The zero-order valence-corrected chi connectivity index (χ0v) is 13.4. The highest BCUT2D eigenvalue weighted by molar-refractivity contribution is 7.91. The highest BCUT2D eigenvalue weighted by Crippen LogP contribution is 2.26. The molecule has 1 aliphatic heterocycles. The Bertz CT molecular complexity index is 797. The Labute approximate surface area is 134 Å². The lowest BCUT2D eigenvalue weighted by atomic mass is 10.3. The zero-order chi connectivity index (χ0) is 16.3. The number of rotatable bonds is 5. The number of sulfone groups is 1. The normalized spacial score (nSPS) is 19.3. The highest BCUT2D eigenvalue weighted by atomic mass is 32.2. The molecule has 0 spiro atoms. The summed E-state index contributed by atoms with van der Waals surface area (Å²) in [5, 5.41) is 13.9. The maximum absolute atomic E-state index is 11.5. The molecule has 0 amide bonds. The van der Waals surface area contributed by atoms with Gasteiger partial charge in [-0.2, -0.15) is 10.1 Å². The lowest BCUT2D eigenvalue weighted by Crippen LogP contribution is -2.22. The van der Waals surface area contributed by atoms with Crippen LogP contribution in [0.2, 0.25) is 0 Å². The second-order valence-corrected chi connectivity index (χ2v) is 7.46. The molecular formula is C14H17N5O3S. The van der Waals surface area contributed by atoms with Crippen molar-refractivity contribution in [2.45, 2.75) is 12.5 Å². The molecule has 1 saturated heterocycles. The largest absolute Gasteiger partial charge is 0.495 e. The lowest BCUT2D eigenvalue weighted by molar-refractivity contribution is 0.417. The van der Waals surface area contributed by atoms with Crippen molar-refractivity contribution in [3.8, 4) is 5.75 Å². The Morgan fingerprint density at radius 2 is 2.13 bits per heavy atom. The summed E-state index contributed by atoms with van der Waals surface area (Å²) in [6.45, 7) is 0. The van der Waals surface area contributed by atoms with Crippen molar-refractivity contribution in [2.24, 2.45) is 0 Å². The molecule has 23 heavy (non-hydrogen) atoms. The van der Waals surface area contributed by atoms with Gasteiger partial charge in [-0.3, -0.25) is 0 Å². The average molecular weight is 335 g/mol. The van der Waals surface area contributed by atoms with Crippen LogP contribution in [0.1, 0.15) is 6.42 Å². The quantitative estimate of drug-likeness (QED) is 0.840. The second kappa shape index (κ2) is 6.37. The summed E-state index contributed by atoms with van der Waals surface area (Å²) in [5.41, 5.74) is 0.755. The summed E-state index contributed by atoms with van der Waals surface area (Å²) >= 11 is 0. The van der Waals surface area contributed by atoms with Crippen molar-refractivity contribution in [2.75, 3.05) is 29.2 Å². The van der Waals surface area contributed by atoms with Crippen LogP contribution in [0.25, 0.3) is 0 Å². The average Bonchev–Trinajstić information content (AvgIpc) is 2.87. The topological polar surface area (TPSA) is 106 Å². The van der Waals surface area contributed by atoms with Gasteiger partial charge in [0.05, 0.1) is 30.5 Å². The van der Waals surface area contributed by atoms with E-state index in [9.17, 15) is 8.42 Å². The molecule has 8 nitrogen and oxygen atoms in total. The van der Waals surface area contributed by atoms with Crippen molar-refractivity contribution in [1.82, 2.24) is 15.2 Å². The highest BCUT2D eigenvalue weighted by Gasteiger charge is 2.28. The Hall–Kier alpha value is -2.42. The third-order valence-corrected chi connectivity index (χ3v) is 5.26. The van der Waals surface area contributed by atoms with Crippen molar-refractivity contribution in [3.05, 3.63) is 30.5 Å². The first-order valence-electron chi connectivity index (χ1n) is 7.12. The standard InChI is InChI=1S/C14H17N5O3S/c1-22-12-5-3-2-4-11(12)17-13-8-15-19-14(18-13)16-10-6-7-23(20,21)9-10/h2-5,8,10H,6-7,9H2,1H3,(H2,16,17,18,19). The molecule has 3 rings (SSSR count). The van der Waals surface area contributed by atoms with Crippen molar-refractivity contribution in [1.29, 1.82) is 0 Å². The lowest BCUT2D eigenvalue weighted by Gasteiger charge is -2.12. The molecule has 9 heteroatoms. The molecular weight excluding hydrogens is 318 g/mol. The minimum absolute atomic E-state index is 0.0977. The first kappa shape index (κ1) is 15.5. The summed E-state index contributed by atoms with van der Waals surface area (Å²) in [6.07, 6.45) is 2.04. The first-order valence-corrected chi connectivity index (χ1v) is 8.94. The Morgan fingerprint density at radius 3 is 2.87 bits per heavy atom. The Balaban J connectivity index is 1.73. The summed E-state index contributed by atoms with van der Waals surface area (Å²) in [6, 6.07) is 7.26. The van der Waals surface area contributed by atoms with Crippen LogP contribution >= 0.6 is 0 Å². The van der Waals surface area contributed by atoms with Crippen LogP contribution in [0.5, 0.6) is 5.75 Å². The second-order valence-electron chi connectivity index (χ2n) is 5.23. The van der Waals surface area contributed by atoms with E-state index < -0.39 is 9.84 Å². The van der Waals surface area contributed by atoms with Gasteiger partial charge in [0.25, 0.3) is 0 Å². The molecule has 1 aliphatic rings. The first-order chi connectivity index (χ1) is 11.1. The molecule has 0 aliphatic carbocycles. The number of hydrogen-bond donors (Lipinski definition) is 2. The van der Waals surface area contributed by atoms with E-state index in [0.29, 0.717) is 23.9 Å². The van der Waals surface area contributed by atoms with Crippen LogP contribution < -0.4 is 15.4 Å². The van der Waals surface area contributed by atoms with Gasteiger partial charge in [-0.1, -0.05) is 12.1 Å². The molecule has 1 fully saturated rings. The molecule has 0 radical (unpaired) electrons. The third kappa shape index (κ3) is 3.86. The molecule has 1 aromatic heterocycles. The van der Waals surface area contributed by atoms with Crippen LogP contribution in [-0.4, -0.2) is 48.3 Å². The fraction of sp³-hybridized carbons (Fsp3) is 0.357. The minimum atomic E-state index is -2.95. The predicted octanol–water partition coefficient (Wildman–Crippen LogP) is 1.22. The van der Waals surface area contributed by atoms with E-state index in [0.717, 1.165) is 5.69 Å². The van der Waals surface area contributed by atoms with E-state index in [4.69, 9.17) is 4.74 Å². The SMILES string of the molecule is COc1ccccc1Nc1cnnc(NC2CCS(=O)(=O)C2)n1. The van der Waals surface area contributed by atoms with Crippen molar-refractivity contribution < 1.29 is 13.2 Å². The summed E-state index contributed by atoms with van der Waals surface area (Å²) in [7, 11) is -1.36. The van der Waals surface area contributed by atoms with Crippen LogP contribution in [0.4, 0.5) is 17.5 Å². The zero-order valence-electron chi connectivity index (χ0n) is 12.6. The monoisotopic (exact) mass is 335 g/mol. The smallest absolute Gasteiger partial charge is 0.244 e. The van der Waals surface area contributed by atoms with Crippen LogP contribution in [-0.2, 0) is 9.84 Å². The maximum Gasteiger partial charge on any atom is 0.244 e. The minimum Gasteiger partial charge on any atom is -0.495 e. The number of nitrogens with one attached hydrogen (secondary N) is 2. The molecule has 2 aromatic rings. The molecule has 1 atom stereocenters. The van der Waals surface area contributed by atoms with Crippen molar-refractivity contribution >= 4 is 27.3 Å². The molecule has 0 saturated carbocycles. The molecule has 0 bridgehead atoms. The van der Waals surface area contributed by atoms with Gasteiger partial charge in [-0.15, -0.1) is 5.10 Å². The Kier molecular flexibility index (Phi) is 4.28. The summed E-state index contributed by atoms with van der Waals surface area (Å²) in [5.74, 6) is 1.76. The van der Waals surface area contributed by atoms with Crippen LogP contribution in [0, 0.1) is 0 Å². The number of para-hydroxylation sites is 2. The third-order valence-electron chi connectivity index (χ3n) is 3.49. The van der Waals surface area contributed by atoms with Gasteiger partial charge in [-0.05, 0) is 18.6 Å². The molecule has 1 aromatic carbocycles. The molecule has 122 valence electrons. The van der Waals surface area contributed by atoms with Gasteiger partial charge in [0.15, 0.2) is 15.7 Å². The van der Waals surface area contributed by atoms with E-state index in [1.165, 1.54) is 6.20 Å². The van der Waals surface area contributed by atoms with Gasteiger partial charge in [0, 0.05) is 6.04 Å². The fourth-order valence-corrected chi connectivity index (χ4v) is 4.08. The van der Waals surface area contributed by atoms with E-state index in [-0.39, 0.29) is 17.5 Å². The summed E-state index contributed by atoms with van der Waals surface area (Å²) < 4.78 is 28.2. The van der Waals surface area contributed by atoms with Gasteiger partial charge in [0.1, 0.15) is 5.75 Å². The van der Waals surface area contributed by atoms with Crippen molar-refractivity contribution in [3.63, 3.8) is 0 Å².